The Morgan fingerprint density at radius 2 is 1.71 bits per heavy atom. The van der Waals surface area contributed by atoms with Gasteiger partial charge in [0, 0.05) is 32.0 Å². The molecule has 0 saturated carbocycles. The quantitative estimate of drug-likeness (QED) is 0.763. The normalized spacial score (nSPS) is 12.1. The molecule has 0 fully saturated rings. The molecule has 0 radical (unpaired) electrons. The van der Waals surface area contributed by atoms with E-state index in [4.69, 9.17) is 0 Å². The lowest BCUT2D eigenvalue weighted by Gasteiger charge is -2.24. The van der Waals surface area contributed by atoms with Crippen LogP contribution in [0, 0.1) is 11.6 Å². The van der Waals surface area contributed by atoms with Crippen molar-refractivity contribution in [1.82, 2.24) is 14.2 Å². The highest BCUT2D eigenvalue weighted by Crippen LogP contribution is 2.23. The Kier molecular flexibility index (Phi) is 5.98. The molecule has 0 aliphatic carbocycles. The Hall–Kier alpha value is -1.90. The van der Waals surface area contributed by atoms with Crippen molar-refractivity contribution in [3.8, 4) is 0 Å². The summed E-state index contributed by atoms with van der Waals surface area (Å²) in [7, 11) is -0.747. The average molecular weight is 355 g/mol. The number of likely N-dealkylation sites (N-methyl/N-ethyl adjacent to an activating group) is 1. The van der Waals surface area contributed by atoms with Crippen LogP contribution in [-0.4, -0.2) is 49.8 Å². The van der Waals surface area contributed by atoms with Crippen LogP contribution >= 0.6 is 0 Å². The lowest BCUT2D eigenvalue weighted by atomic mass is 10.3. The first-order chi connectivity index (χ1) is 11.3. The minimum absolute atomic E-state index is 0.0161. The van der Waals surface area contributed by atoms with E-state index in [1.807, 2.05) is 0 Å². The maximum atomic E-state index is 14.0. The molecule has 0 saturated heterocycles. The van der Waals surface area contributed by atoms with E-state index in [1.54, 1.807) is 37.3 Å². The summed E-state index contributed by atoms with van der Waals surface area (Å²) in [6.45, 7) is 0.491. The van der Waals surface area contributed by atoms with Crippen LogP contribution in [0.3, 0.4) is 0 Å². The first kappa shape index (κ1) is 18.4. The topological polar surface area (TPSA) is 53.5 Å². The van der Waals surface area contributed by atoms with Crippen LogP contribution in [0.25, 0.3) is 0 Å². The number of pyridine rings is 1. The zero-order valence-electron chi connectivity index (χ0n) is 13.5. The summed E-state index contributed by atoms with van der Waals surface area (Å²) in [4.78, 5) is 4.81. The van der Waals surface area contributed by atoms with Gasteiger partial charge >= 0.3 is 0 Å². The van der Waals surface area contributed by atoms with Crippen LogP contribution < -0.4 is 0 Å². The van der Waals surface area contributed by atoms with Crippen molar-refractivity contribution in [2.24, 2.45) is 0 Å². The van der Waals surface area contributed by atoms with Gasteiger partial charge in [0.15, 0.2) is 4.90 Å². The molecule has 0 unspecified atom stereocenters. The summed E-state index contributed by atoms with van der Waals surface area (Å²) in [6, 6.07) is 6.39. The molecule has 1 aromatic carbocycles. The van der Waals surface area contributed by atoms with Crippen LogP contribution in [0.1, 0.15) is 5.56 Å². The molecule has 2 rings (SSSR count). The van der Waals surface area contributed by atoms with Crippen LogP contribution in [0.5, 0.6) is 0 Å². The van der Waals surface area contributed by atoms with E-state index in [1.165, 1.54) is 6.20 Å². The smallest absolute Gasteiger partial charge is 0.249 e. The fourth-order valence-electron chi connectivity index (χ4n) is 2.15. The van der Waals surface area contributed by atoms with Crippen LogP contribution in [0.2, 0.25) is 0 Å². The first-order valence-corrected chi connectivity index (χ1v) is 8.74. The van der Waals surface area contributed by atoms with Crippen molar-refractivity contribution < 1.29 is 17.2 Å². The highest BCUT2D eigenvalue weighted by atomic mass is 32.2. The van der Waals surface area contributed by atoms with Gasteiger partial charge in [0.1, 0.15) is 11.6 Å². The Balaban J connectivity index is 2.41. The minimum Gasteiger partial charge on any atom is -0.308 e. The highest BCUT2D eigenvalue weighted by molar-refractivity contribution is 7.89. The second-order valence-corrected chi connectivity index (χ2v) is 7.43. The summed E-state index contributed by atoms with van der Waals surface area (Å²) >= 11 is 0. The van der Waals surface area contributed by atoms with Crippen LogP contribution in [-0.2, 0) is 16.6 Å². The minimum atomic E-state index is -4.33. The SMILES string of the molecule is CN(C)CCN(Cc1cccnc1)S(=O)(=O)c1c(F)cccc1F. The fourth-order valence-corrected chi connectivity index (χ4v) is 3.68. The maximum absolute atomic E-state index is 14.0. The van der Waals surface area contributed by atoms with Crippen molar-refractivity contribution in [2.45, 2.75) is 11.4 Å². The molecule has 0 spiro atoms. The van der Waals surface area contributed by atoms with Gasteiger partial charge in [-0.05, 0) is 37.9 Å². The summed E-state index contributed by atoms with van der Waals surface area (Å²) in [5.41, 5.74) is 0.636. The monoisotopic (exact) mass is 355 g/mol. The third-order valence-electron chi connectivity index (χ3n) is 3.40. The fraction of sp³-hybridized carbons (Fsp3) is 0.312. The first-order valence-electron chi connectivity index (χ1n) is 7.30. The van der Waals surface area contributed by atoms with E-state index in [0.717, 1.165) is 22.5 Å². The molecule has 0 aliphatic rings. The molecule has 8 heteroatoms. The average Bonchev–Trinajstić information content (AvgIpc) is 2.51. The second-order valence-electron chi connectivity index (χ2n) is 5.55. The molecule has 5 nitrogen and oxygen atoms in total. The van der Waals surface area contributed by atoms with E-state index >= 15 is 0 Å². The molecule has 0 amide bonds. The van der Waals surface area contributed by atoms with Gasteiger partial charge < -0.3 is 4.90 Å². The Morgan fingerprint density at radius 3 is 2.25 bits per heavy atom. The number of hydrogen-bond donors (Lipinski definition) is 0. The number of hydrogen-bond acceptors (Lipinski definition) is 4. The molecule has 0 aliphatic heterocycles. The maximum Gasteiger partial charge on any atom is 0.249 e. The highest BCUT2D eigenvalue weighted by Gasteiger charge is 2.30. The molecular formula is C16H19F2N3O2S. The molecular weight excluding hydrogens is 336 g/mol. The van der Waals surface area contributed by atoms with E-state index in [2.05, 4.69) is 4.98 Å². The number of aromatic nitrogens is 1. The lowest BCUT2D eigenvalue weighted by Crippen LogP contribution is -2.37. The molecule has 1 aromatic heterocycles. The van der Waals surface area contributed by atoms with Crippen LogP contribution in [0.4, 0.5) is 8.78 Å². The zero-order valence-corrected chi connectivity index (χ0v) is 14.3. The summed E-state index contributed by atoms with van der Waals surface area (Å²) < 4.78 is 54.6. The van der Waals surface area contributed by atoms with E-state index in [0.29, 0.717) is 12.1 Å². The predicted molar refractivity (Wildman–Crippen MR) is 86.7 cm³/mol. The molecule has 0 atom stereocenters. The van der Waals surface area contributed by atoms with Crippen molar-refractivity contribution in [3.63, 3.8) is 0 Å². The zero-order chi connectivity index (χ0) is 17.7. The standard InChI is InChI=1S/C16H19F2N3O2S/c1-20(2)9-10-21(12-13-5-4-8-19-11-13)24(22,23)16-14(17)6-3-7-15(16)18/h3-8,11H,9-10,12H2,1-2H3. The molecule has 130 valence electrons. The van der Waals surface area contributed by atoms with E-state index in [9.17, 15) is 17.2 Å². The van der Waals surface area contributed by atoms with Gasteiger partial charge in [0.2, 0.25) is 10.0 Å². The third-order valence-corrected chi connectivity index (χ3v) is 5.29. The predicted octanol–water partition coefficient (Wildman–Crippen LogP) is 2.11. The van der Waals surface area contributed by atoms with Gasteiger partial charge in [0.25, 0.3) is 0 Å². The summed E-state index contributed by atoms with van der Waals surface area (Å²) in [5, 5.41) is 0. The van der Waals surface area contributed by atoms with Gasteiger partial charge in [-0.25, -0.2) is 17.2 Å². The van der Waals surface area contributed by atoms with Gasteiger partial charge in [0.05, 0.1) is 0 Å². The Bertz CT molecular complexity index is 763. The Morgan fingerprint density at radius 1 is 1.04 bits per heavy atom. The van der Waals surface area contributed by atoms with Gasteiger partial charge in [-0.2, -0.15) is 4.31 Å². The van der Waals surface area contributed by atoms with Crippen molar-refractivity contribution in [1.29, 1.82) is 0 Å². The van der Waals surface area contributed by atoms with Crippen molar-refractivity contribution in [3.05, 3.63) is 59.9 Å². The largest absolute Gasteiger partial charge is 0.308 e. The second kappa shape index (κ2) is 7.78. The molecule has 0 bridgehead atoms. The number of rotatable bonds is 7. The third kappa shape index (κ3) is 4.34. The number of benzene rings is 1. The van der Waals surface area contributed by atoms with Crippen molar-refractivity contribution in [2.75, 3.05) is 27.2 Å². The summed E-state index contributed by atoms with van der Waals surface area (Å²) in [5.74, 6) is -2.20. The van der Waals surface area contributed by atoms with E-state index < -0.39 is 26.6 Å². The molecule has 2 aromatic rings. The Labute approximate surface area is 140 Å². The molecule has 24 heavy (non-hydrogen) atoms. The number of nitrogens with zero attached hydrogens (tertiary/aromatic N) is 3. The van der Waals surface area contributed by atoms with Crippen LogP contribution in [0.15, 0.2) is 47.6 Å². The van der Waals surface area contributed by atoms with Crippen molar-refractivity contribution >= 4 is 10.0 Å². The molecule has 1 heterocycles. The van der Waals surface area contributed by atoms with Gasteiger partial charge in [-0.3, -0.25) is 4.98 Å². The van der Waals surface area contributed by atoms with Gasteiger partial charge in [-0.1, -0.05) is 12.1 Å². The molecule has 0 N–H and O–H groups in total. The lowest BCUT2D eigenvalue weighted by molar-refractivity contribution is 0.327. The summed E-state index contributed by atoms with van der Waals surface area (Å²) in [6.07, 6.45) is 3.09. The number of halogens is 2. The van der Waals surface area contributed by atoms with Gasteiger partial charge in [-0.15, -0.1) is 0 Å². The number of sulfonamides is 1. The van der Waals surface area contributed by atoms with E-state index in [-0.39, 0.29) is 13.1 Å².